The summed E-state index contributed by atoms with van der Waals surface area (Å²) in [7, 11) is -1.48. The molecule has 72 valence electrons. The van der Waals surface area contributed by atoms with Crippen LogP contribution < -0.4 is 0 Å². The van der Waals surface area contributed by atoms with Crippen molar-refractivity contribution in [3.8, 4) is 0 Å². The second-order valence-electron chi connectivity index (χ2n) is 5.34. The van der Waals surface area contributed by atoms with E-state index < -0.39 is 9.04 Å². The monoisotopic (exact) mass is 188 g/mol. The van der Waals surface area contributed by atoms with E-state index in [4.69, 9.17) is 4.43 Å². The van der Waals surface area contributed by atoms with Crippen LogP contribution in [0.4, 0.5) is 0 Å². The number of hydrogen-bond acceptors (Lipinski definition) is 2. The lowest BCUT2D eigenvalue weighted by Crippen LogP contribution is -2.37. The first kappa shape index (κ1) is 11.7. The van der Waals surface area contributed by atoms with E-state index in [2.05, 4.69) is 41.5 Å². The second-order valence-corrected chi connectivity index (χ2v) is 9.84. The van der Waals surface area contributed by atoms with Gasteiger partial charge in [-0.05, 0) is 10.1 Å². The van der Waals surface area contributed by atoms with Crippen molar-refractivity contribution in [2.24, 2.45) is 0 Å². The van der Waals surface area contributed by atoms with Gasteiger partial charge in [0.25, 0.3) is 6.47 Å². The molecule has 0 N–H and O–H groups in total. The van der Waals surface area contributed by atoms with E-state index in [1.807, 2.05) is 0 Å². The molecular formula is C9H20O2Si. The van der Waals surface area contributed by atoms with Crippen LogP contribution >= 0.6 is 0 Å². The van der Waals surface area contributed by atoms with Gasteiger partial charge in [0, 0.05) is 0 Å². The highest BCUT2D eigenvalue weighted by Gasteiger charge is 2.39. The molecule has 0 bridgehead atoms. The van der Waals surface area contributed by atoms with Gasteiger partial charge in [0.15, 0.2) is 0 Å². The molecule has 0 saturated heterocycles. The van der Waals surface area contributed by atoms with Gasteiger partial charge in [-0.1, -0.05) is 41.5 Å². The maximum atomic E-state index is 10.3. The third-order valence-electron chi connectivity index (χ3n) is 1.76. The van der Waals surface area contributed by atoms with Crippen molar-refractivity contribution in [2.75, 3.05) is 0 Å². The zero-order chi connectivity index (χ0) is 9.99. The summed E-state index contributed by atoms with van der Waals surface area (Å²) in [5, 5.41) is 0.276. The highest BCUT2D eigenvalue weighted by molar-refractivity contribution is 6.59. The van der Waals surface area contributed by atoms with Crippen LogP contribution in [0.5, 0.6) is 0 Å². The Hall–Kier alpha value is -0.313. The van der Waals surface area contributed by atoms with Crippen molar-refractivity contribution in [1.82, 2.24) is 0 Å². The minimum Gasteiger partial charge on any atom is -0.523 e. The van der Waals surface area contributed by atoms with Gasteiger partial charge in [0.2, 0.25) is 9.04 Å². The third-order valence-corrected chi connectivity index (χ3v) is 5.29. The minimum atomic E-state index is -1.48. The molecule has 0 heterocycles. The van der Waals surface area contributed by atoms with Gasteiger partial charge in [-0.3, -0.25) is 4.79 Å². The molecule has 2 nitrogen and oxygen atoms in total. The molecule has 0 aromatic rings. The molecule has 3 heteroatoms. The lowest BCUT2D eigenvalue weighted by Gasteiger charge is -2.36. The van der Waals surface area contributed by atoms with Crippen molar-refractivity contribution in [1.29, 1.82) is 0 Å². The summed E-state index contributed by atoms with van der Waals surface area (Å²) >= 11 is 0. The zero-order valence-electron chi connectivity index (χ0n) is 8.97. The zero-order valence-corrected chi connectivity index (χ0v) is 10.1. The highest BCUT2D eigenvalue weighted by atomic mass is 28.3. The van der Waals surface area contributed by atoms with Crippen molar-refractivity contribution < 1.29 is 9.22 Å². The fraction of sp³-hybridized carbons (Fsp3) is 0.889. The van der Waals surface area contributed by atoms with Gasteiger partial charge < -0.3 is 4.43 Å². The summed E-state index contributed by atoms with van der Waals surface area (Å²) in [4.78, 5) is 10.3. The second kappa shape index (κ2) is 3.60. The van der Waals surface area contributed by atoms with Crippen LogP contribution in [0.3, 0.4) is 0 Å². The van der Waals surface area contributed by atoms with E-state index >= 15 is 0 Å². The van der Waals surface area contributed by atoms with E-state index in [1.54, 1.807) is 0 Å². The minimum absolute atomic E-state index is 0.138. The Kier molecular flexibility index (Phi) is 3.51. The molecule has 0 spiro atoms. The molecule has 0 radical (unpaired) electrons. The Balaban J connectivity index is 4.56. The topological polar surface area (TPSA) is 26.3 Å². The molecule has 0 unspecified atom stereocenters. The molecule has 0 aliphatic heterocycles. The predicted molar refractivity (Wildman–Crippen MR) is 53.7 cm³/mol. The van der Waals surface area contributed by atoms with E-state index in [-0.39, 0.29) is 10.1 Å². The normalized spacial score (nSPS) is 13.2. The molecule has 0 aromatic carbocycles. The Labute approximate surface area is 77.0 Å². The molecule has 0 fully saturated rings. The highest BCUT2D eigenvalue weighted by Crippen LogP contribution is 2.41. The van der Waals surface area contributed by atoms with E-state index in [1.165, 1.54) is 0 Å². The van der Waals surface area contributed by atoms with Crippen LogP contribution in [-0.2, 0) is 9.22 Å². The third kappa shape index (κ3) is 3.39. The fourth-order valence-electron chi connectivity index (χ4n) is 1.76. The van der Waals surface area contributed by atoms with Crippen molar-refractivity contribution in [3.63, 3.8) is 0 Å². The Morgan fingerprint density at radius 1 is 1.00 bits per heavy atom. The predicted octanol–water partition coefficient (Wildman–Crippen LogP) is 2.48. The van der Waals surface area contributed by atoms with Crippen LogP contribution in [0, 0.1) is 0 Å². The number of carbonyl (C=O) groups is 1. The maximum Gasteiger partial charge on any atom is 0.279 e. The first-order valence-corrected chi connectivity index (χ1v) is 5.91. The molecule has 0 aromatic heterocycles. The average Bonchev–Trinajstić information content (AvgIpc) is 1.77. The van der Waals surface area contributed by atoms with Crippen LogP contribution in [-0.4, -0.2) is 15.5 Å². The fourth-order valence-corrected chi connectivity index (χ4v) is 5.29. The van der Waals surface area contributed by atoms with E-state index in [9.17, 15) is 4.79 Å². The van der Waals surface area contributed by atoms with Crippen molar-refractivity contribution in [2.45, 2.75) is 51.6 Å². The smallest absolute Gasteiger partial charge is 0.279 e. The molecule has 0 aliphatic rings. The molecule has 0 atom stereocenters. The van der Waals surface area contributed by atoms with Crippen LogP contribution in [0.25, 0.3) is 0 Å². The molecule has 0 aliphatic carbocycles. The first-order chi connectivity index (χ1) is 5.19. The van der Waals surface area contributed by atoms with Crippen LogP contribution in [0.15, 0.2) is 0 Å². The van der Waals surface area contributed by atoms with Gasteiger partial charge in [-0.15, -0.1) is 0 Å². The summed E-state index contributed by atoms with van der Waals surface area (Å²) in [5.74, 6) is 0. The molecule has 0 amide bonds. The summed E-state index contributed by atoms with van der Waals surface area (Å²) in [6.07, 6.45) is 0. The first-order valence-electron chi connectivity index (χ1n) is 4.28. The summed E-state index contributed by atoms with van der Waals surface area (Å²) in [5.41, 5.74) is 0. The Bertz CT molecular complexity index is 139. The van der Waals surface area contributed by atoms with Gasteiger partial charge in [-0.25, -0.2) is 0 Å². The average molecular weight is 188 g/mol. The van der Waals surface area contributed by atoms with Crippen LogP contribution in [0.2, 0.25) is 10.1 Å². The lowest BCUT2D eigenvalue weighted by molar-refractivity contribution is -0.121. The lowest BCUT2D eigenvalue weighted by atomic mass is 10.2. The SMILES string of the molecule is CC(C)(C)[SiH](OC=O)C(C)(C)C. The van der Waals surface area contributed by atoms with Gasteiger partial charge in [0.05, 0.1) is 0 Å². The van der Waals surface area contributed by atoms with Crippen LogP contribution in [0.1, 0.15) is 41.5 Å². The van der Waals surface area contributed by atoms with E-state index in [0.29, 0.717) is 6.47 Å². The van der Waals surface area contributed by atoms with Gasteiger partial charge in [0.1, 0.15) is 0 Å². The van der Waals surface area contributed by atoms with Crippen molar-refractivity contribution in [3.05, 3.63) is 0 Å². The largest absolute Gasteiger partial charge is 0.523 e. The van der Waals surface area contributed by atoms with Gasteiger partial charge in [-0.2, -0.15) is 0 Å². The van der Waals surface area contributed by atoms with Crippen molar-refractivity contribution >= 4 is 15.5 Å². The Morgan fingerprint density at radius 2 is 1.33 bits per heavy atom. The molecule has 0 saturated carbocycles. The molecule has 0 rings (SSSR count). The van der Waals surface area contributed by atoms with Gasteiger partial charge >= 0.3 is 0 Å². The number of hydrogen-bond donors (Lipinski definition) is 0. The standard InChI is InChI=1S/C9H20O2Si/c1-8(2,3)12(11-7-10)9(4,5)6/h7,12H,1-6H3. The number of rotatable bonds is 2. The molecular weight excluding hydrogens is 168 g/mol. The summed E-state index contributed by atoms with van der Waals surface area (Å²) < 4.78 is 5.23. The maximum absolute atomic E-state index is 10.3. The number of carbonyl (C=O) groups excluding carboxylic acids is 1. The summed E-state index contributed by atoms with van der Waals surface area (Å²) in [6.45, 7) is 13.4. The summed E-state index contributed by atoms with van der Waals surface area (Å²) in [6, 6.07) is 0. The quantitative estimate of drug-likeness (QED) is 0.491. The molecule has 12 heavy (non-hydrogen) atoms. The van der Waals surface area contributed by atoms with E-state index in [0.717, 1.165) is 0 Å². The Morgan fingerprint density at radius 3 is 1.42 bits per heavy atom.